The number of nitrogens with one attached hydrogen (secondary N) is 2. The van der Waals surface area contributed by atoms with E-state index in [-0.39, 0.29) is 5.69 Å². The molecule has 0 aliphatic rings. The summed E-state index contributed by atoms with van der Waals surface area (Å²) >= 11 is 0. The topological polar surface area (TPSA) is 122 Å². The van der Waals surface area contributed by atoms with Gasteiger partial charge in [0, 0.05) is 17.3 Å². The van der Waals surface area contributed by atoms with Crippen molar-refractivity contribution in [3.63, 3.8) is 0 Å². The summed E-state index contributed by atoms with van der Waals surface area (Å²) in [6.45, 7) is 3.37. The van der Waals surface area contributed by atoms with E-state index in [2.05, 4.69) is 10.6 Å². The van der Waals surface area contributed by atoms with Gasteiger partial charge in [-0.05, 0) is 25.5 Å². The maximum absolute atomic E-state index is 11.7. The second kappa shape index (κ2) is 7.22. The predicted molar refractivity (Wildman–Crippen MR) is 76.3 cm³/mol. The molecule has 0 spiro atoms. The molecule has 0 saturated heterocycles. The number of aliphatic carboxylic acids is 1. The third kappa shape index (κ3) is 4.75. The molecular weight excluding hydrogens is 278 g/mol. The molecule has 1 rings (SSSR count). The van der Waals surface area contributed by atoms with Gasteiger partial charge in [0.25, 0.3) is 5.69 Å². The fourth-order valence-electron chi connectivity index (χ4n) is 1.81. The molecule has 8 heteroatoms. The first-order chi connectivity index (χ1) is 9.85. The van der Waals surface area contributed by atoms with Gasteiger partial charge in [0.15, 0.2) is 0 Å². The molecule has 8 nitrogen and oxygen atoms in total. The van der Waals surface area contributed by atoms with Crippen molar-refractivity contribution in [1.82, 2.24) is 5.32 Å². The van der Waals surface area contributed by atoms with Crippen molar-refractivity contribution in [1.29, 1.82) is 0 Å². The molecule has 0 aliphatic carbocycles. The van der Waals surface area contributed by atoms with Crippen LogP contribution in [0.4, 0.5) is 16.2 Å². The molecule has 114 valence electrons. The lowest BCUT2D eigenvalue weighted by atomic mass is 10.1. The number of carbonyl (C=O) groups excluding carboxylic acids is 1. The third-order valence-corrected chi connectivity index (χ3v) is 2.83. The Morgan fingerprint density at radius 2 is 2.10 bits per heavy atom. The lowest BCUT2D eigenvalue weighted by Gasteiger charge is -2.14. The number of rotatable bonds is 6. The van der Waals surface area contributed by atoms with Gasteiger partial charge < -0.3 is 15.7 Å². The Morgan fingerprint density at radius 1 is 1.43 bits per heavy atom. The number of carbonyl (C=O) groups is 2. The molecule has 2 amide bonds. The average molecular weight is 295 g/mol. The molecule has 0 fully saturated rings. The number of carboxylic acids is 1. The van der Waals surface area contributed by atoms with Gasteiger partial charge in [0.2, 0.25) is 0 Å². The molecule has 0 bridgehead atoms. The lowest BCUT2D eigenvalue weighted by Crippen LogP contribution is -2.42. The Bertz CT molecular complexity index is 559. The number of nitro benzene ring substituents is 1. The van der Waals surface area contributed by atoms with Crippen LogP contribution in [0.15, 0.2) is 18.2 Å². The van der Waals surface area contributed by atoms with Crippen molar-refractivity contribution in [3.8, 4) is 0 Å². The number of nitro groups is 1. The summed E-state index contributed by atoms with van der Waals surface area (Å²) in [5.41, 5.74) is 0.715. The van der Waals surface area contributed by atoms with Gasteiger partial charge in [-0.25, -0.2) is 9.59 Å². The number of carboxylic acid groups (broad SMARTS) is 1. The minimum Gasteiger partial charge on any atom is -0.480 e. The van der Waals surface area contributed by atoms with Gasteiger partial charge in [-0.1, -0.05) is 13.3 Å². The van der Waals surface area contributed by atoms with Crippen LogP contribution >= 0.6 is 0 Å². The van der Waals surface area contributed by atoms with Crippen LogP contribution in [-0.4, -0.2) is 28.1 Å². The summed E-state index contributed by atoms with van der Waals surface area (Å²) in [5.74, 6) is -1.10. The van der Waals surface area contributed by atoms with Gasteiger partial charge >= 0.3 is 12.0 Å². The zero-order valence-electron chi connectivity index (χ0n) is 11.8. The number of nitrogens with zero attached hydrogens (tertiary/aromatic N) is 1. The van der Waals surface area contributed by atoms with Gasteiger partial charge in [0.05, 0.1) is 4.92 Å². The van der Waals surface area contributed by atoms with E-state index in [9.17, 15) is 19.7 Å². The van der Waals surface area contributed by atoms with Crippen molar-refractivity contribution in [2.45, 2.75) is 32.7 Å². The second-order valence-corrected chi connectivity index (χ2v) is 4.54. The van der Waals surface area contributed by atoms with Crippen LogP contribution in [0.2, 0.25) is 0 Å². The first-order valence-corrected chi connectivity index (χ1v) is 6.40. The summed E-state index contributed by atoms with van der Waals surface area (Å²) in [5, 5.41) is 24.4. The van der Waals surface area contributed by atoms with E-state index in [1.165, 1.54) is 18.2 Å². The fraction of sp³-hybridized carbons (Fsp3) is 0.385. The fourth-order valence-corrected chi connectivity index (χ4v) is 1.81. The van der Waals surface area contributed by atoms with Crippen molar-refractivity contribution < 1.29 is 19.6 Å². The normalized spacial score (nSPS) is 11.5. The monoisotopic (exact) mass is 295 g/mol. The molecule has 0 heterocycles. The molecule has 3 N–H and O–H groups in total. The molecule has 0 aliphatic heterocycles. The SMILES string of the molecule is CCC[C@H](NC(=O)Nc1ccc([N+](=O)[O-])c(C)c1)C(=O)O. The second-order valence-electron chi connectivity index (χ2n) is 4.54. The number of amides is 2. The Morgan fingerprint density at radius 3 is 2.57 bits per heavy atom. The maximum Gasteiger partial charge on any atom is 0.326 e. The summed E-state index contributed by atoms with van der Waals surface area (Å²) in [7, 11) is 0. The van der Waals surface area contributed by atoms with Gasteiger partial charge in [-0.2, -0.15) is 0 Å². The molecule has 1 aromatic carbocycles. The van der Waals surface area contributed by atoms with Crippen molar-refractivity contribution >= 4 is 23.4 Å². The minimum atomic E-state index is -1.10. The molecule has 0 aromatic heterocycles. The van der Waals surface area contributed by atoms with Crippen LogP contribution in [0.1, 0.15) is 25.3 Å². The molecule has 21 heavy (non-hydrogen) atoms. The average Bonchev–Trinajstić information content (AvgIpc) is 2.37. The van der Waals surface area contributed by atoms with E-state index in [1.807, 2.05) is 6.92 Å². The smallest absolute Gasteiger partial charge is 0.326 e. The van der Waals surface area contributed by atoms with Crippen LogP contribution < -0.4 is 10.6 Å². The largest absolute Gasteiger partial charge is 0.480 e. The number of urea groups is 1. The molecule has 1 aromatic rings. The third-order valence-electron chi connectivity index (χ3n) is 2.83. The van der Waals surface area contributed by atoms with Gasteiger partial charge in [-0.15, -0.1) is 0 Å². The number of aryl methyl sites for hydroxylation is 1. The maximum atomic E-state index is 11.7. The molecule has 0 unspecified atom stereocenters. The molecule has 1 atom stereocenters. The zero-order valence-corrected chi connectivity index (χ0v) is 11.8. The van der Waals surface area contributed by atoms with Crippen LogP contribution in [0.3, 0.4) is 0 Å². The van der Waals surface area contributed by atoms with Crippen molar-refractivity contribution in [2.24, 2.45) is 0 Å². The quantitative estimate of drug-likeness (QED) is 0.549. The van der Waals surface area contributed by atoms with Crippen LogP contribution in [-0.2, 0) is 4.79 Å². The van der Waals surface area contributed by atoms with Crippen LogP contribution in [0.25, 0.3) is 0 Å². The molecular formula is C13H17N3O5. The standard InChI is InChI=1S/C13H17N3O5/c1-3-4-10(12(17)18)15-13(19)14-9-5-6-11(16(20)21)8(2)7-9/h5-7,10H,3-4H2,1-2H3,(H,17,18)(H2,14,15,19)/t10-/m0/s1. The molecule has 0 radical (unpaired) electrons. The minimum absolute atomic E-state index is 0.0460. The van der Waals surface area contributed by atoms with Crippen molar-refractivity contribution in [3.05, 3.63) is 33.9 Å². The number of hydrogen-bond acceptors (Lipinski definition) is 4. The Kier molecular flexibility index (Phi) is 5.65. The Labute approximate surface area is 121 Å². The first kappa shape index (κ1) is 16.4. The van der Waals surface area contributed by atoms with E-state index in [0.717, 1.165) is 0 Å². The highest BCUT2D eigenvalue weighted by Gasteiger charge is 2.19. The van der Waals surface area contributed by atoms with E-state index in [4.69, 9.17) is 5.11 Å². The summed E-state index contributed by atoms with van der Waals surface area (Å²) in [6, 6.07) is 2.50. The van der Waals surface area contributed by atoms with Crippen LogP contribution in [0.5, 0.6) is 0 Å². The van der Waals surface area contributed by atoms with E-state index in [0.29, 0.717) is 24.1 Å². The number of benzene rings is 1. The first-order valence-electron chi connectivity index (χ1n) is 6.40. The highest BCUT2D eigenvalue weighted by Crippen LogP contribution is 2.21. The van der Waals surface area contributed by atoms with Gasteiger partial charge in [0.1, 0.15) is 6.04 Å². The number of anilines is 1. The predicted octanol–water partition coefficient (Wildman–Crippen LogP) is 2.28. The number of hydrogen-bond donors (Lipinski definition) is 3. The summed E-state index contributed by atoms with van der Waals surface area (Å²) in [6.07, 6.45) is 0.940. The highest BCUT2D eigenvalue weighted by molar-refractivity contribution is 5.92. The van der Waals surface area contributed by atoms with E-state index >= 15 is 0 Å². The zero-order chi connectivity index (χ0) is 16.0. The lowest BCUT2D eigenvalue weighted by molar-refractivity contribution is -0.385. The molecule has 0 saturated carbocycles. The van der Waals surface area contributed by atoms with Crippen molar-refractivity contribution in [2.75, 3.05) is 5.32 Å². The highest BCUT2D eigenvalue weighted by atomic mass is 16.6. The Hall–Kier alpha value is -2.64. The summed E-state index contributed by atoms with van der Waals surface area (Å²) in [4.78, 5) is 32.8. The van der Waals surface area contributed by atoms with Crippen LogP contribution in [0, 0.1) is 17.0 Å². The van der Waals surface area contributed by atoms with E-state index < -0.39 is 23.0 Å². The van der Waals surface area contributed by atoms with Gasteiger partial charge in [-0.3, -0.25) is 10.1 Å². The summed E-state index contributed by atoms with van der Waals surface area (Å²) < 4.78 is 0. The Balaban J connectivity index is 2.72. The van der Waals surface area contributed by atoms with E-state index in [1.54, 1.807) is 6.92 Å².